The van der Waals surface area contributed by atoms with Crippen LogP contribution in [0.5, 0.6) is 0 Å². The third kappa shape index (κ3) is 4.49. The molecule has 0 aliphatic rings. The van der Waals surface area contributed by atoms with Crippen molar-refractivity contribution in [1.29, 1.82) is 0 Å². The highest BCUT2D eigenvalue weighted by molar-refractivity contribution is 5.26. The number of aliphatic hydroxyl groups excluding tert-OH is 1. The Balaban J connectivity index is 2.58. The van der Waals surface area contributed by atoms with Crippen LogP contribution in [0.1, 0.15) is 38.3 Å². The standard InChI is InChI=1S/C15H25NO/c1-4-13-7-5-6-8-14(13)11-16-15(9-10-17)12(2)3/h5-8,12,15-17H,4,9-11H2,1-3H3. The SMILES string of the molecule is CCc1ccccc1CNC(CCO)C(C)C. The van der Waals surface area contributed by atoms with Crippen LogP contribution >= 0.6 is 0 Å². The molecule has 0 bridgehead atoms. The fraction of sp³-hybridized carbons (Fsp3) is 0.600. The van der Waals surface area contributed by atoms with Crippen molar-refractivity contribution in [1.82, 2.24) is 5.32 Å². The van der Waals surface area contributed by atoms with Gasteiger partial charge >= 0.3 is 0 Å². The van der Waals surface area contributed by atoms with Gasteiger partial charge in [-0.15, -0.1) is 0 Å². The second-order valence-electron chi connectivity index (χ2n) is 4.87. The summed E-state index contributed by atoms with van der Waals surface area (Å²) in [4.78, 5) is 0. The Labute approximate surface area is 105 Å². The van der Waals surface area contributed by atoms with Gasteiger partial charge in [0, 0.05) is 19.2 Å². The van der Waals surface area contributed by atoms with E-state index in [2.05, 4.69) is 50.4 Å². The van der Waals surface area contributed by atoms with Gasteiger partial charge < -0.3 is 10.4 Å². The molecule has 1 unspecified atom stereocenters. The summed E-state index contributed by atoms with van der Waals surface area (Å²) in [6.07, 6.45) is 1.90. The lowest BCUT2D eigenvalue weighted by Crippen LogP contribution is -2.34. The Hall–Kier alpha value is -0.860. The van der Waals surface area contributed by atoms with Gasteiger partial charge in [-0.05, 0) is 29.9 Å². The second-order valence-corrected chi connectivity index (χ2v) is 4.87. The lowest BCUT2D eigenvalue weighted by molar-refractivity contribution is 0.244. The molecule has 0 radical (unpaired) electrons. The zero-order valence-corrected chi connectivity index (χ0v) is 11.2. The average molecular weight is 235 g/mol. The molecule has 0 aliphatic carbocycles. The summed E-state index contributed by atoms with van der Waals surface area (Å²) in [6, 6.07) is 8.95. The van der Waals surface area contributed by atoms with Crippen molar-refractivity contribution in [2.75, 3.05) is 6.61 Å². The van der Waals surface area contributed by atoms with Gasteiger partial charge in [-0.25, -0.2) is 0 Å². The van der Waals surface area contributed by atoms with E-state index < -0.39 is 0 Å². The van der Waals surface area contributed by atoms with E-state index >= 15 is 0 Å². The second kappa shape index (κ2) is 7.46. The van der Waals surface area contributed by atoms with E-state index in [1.54, 1.807) is 0 Å². The Morgan fingerprint density at radius 3 is 2.35 bits per heavy atom. The number of rotatable bonds is 7. The molecule has 96 valence electrons. The van der Waals surface area contributed by atoms with Crippen molar-refractivity contribution < 1.29 is 5.11 Å². The van der Waals surface area contributed by atoms with Crippen molar-refractivity contribution in [2.45, 2.75) is 46.2 Å². The number of benzene rings is 1. The van der Waals surface area contributed by atoms with Crippen LogP contribution in [0.2, 0.25) is 0 Å². The summed E-state index contributed by atoms with van der Waals surface area (Å²) in [6.45, 7) is 7.72. The van der Waals surface area contributed by atoms with E-state index in [9.17, 15) is 0 Å². The van der Waals surface area contributed by atoms with Crippen molar-refractivity contribution in [3.8, 4) is 0 Å². The van der Waals surface area contributed by atoms with Crippen LogP contribution in [0.3, 0.4) is 0 Å². The monoisotopic (exact) mass is 235 g/mol. The van der Waals surface area contributed by atoms with Crippen LogP contribution in [-0.4, -0.2) is 17.8 Å². The van der Waals surface area contributed by atoms with Crippen LogP contribution in [0.4, 0.5) is 0 Å². The maximum atomic E-state index is 9.04. The molecule has 0 spiro atoms. The van der Waals surface area contributed by atoms with Gasteiger partial charge in [0.1, 0.15) is 0 Å². The van der Waals surface area contributed by atoms with E-state index in [1.165, 1.54) is 11.1 Å². The number of nitrogens with one attached hydrogen (secondary N) is 1. The van der Waals surface area contributed by atoms with Gasteiger partial charge in [-0.1, -0.05) is 45.0 Å². The summed E-state index contributed by atoms with van der Waals surface area (Å²) in [7, 11) is 0. The Morgan fingerprint density at radius 1 is 1.18 bits per heavy atom. The first-order valence-electron chi connectivity index (χ1n) is 6.60. The Bertz CT molecular complexity index is 322. The summed E-state index contributed by atoms with van der Waals surface area (Å²) in [5, 5.41) is 12.6. The first-order valence-corrected chi connectivity index (χ1v) is 6.60. The Kier molecular flexibility index (Phi) is 6.23. The van der Waals surface area contributed by atoms with Gasteiger partial charge in [-0.3, -0.25) is 0 Å². The number of aryl methyl sites for hydroxylation is 1. The van der Waals surface area contributed by atoms with Crippen LogP contribution < -0.4 is 5.32 Å². The number of hydrogen-bond acceptors (Lipinski definition) is 2. The van der Waals surface area contributed by atoms with Gasteiger partial charge in [-0.2, -0.15) is 0 Å². The van der Waals surface area contributed by atoms with Crippen LogP contribution in [-0.2, 0) is 13.0 Å². The molecule has 2 heteroatoms. The molecule has 2 N–H and O–H groups in total. The molecule has 0 saturated heterocycles. The van der Waals surface area contributed by atoms with E-state index in [0.29, 0.717) is 12.0 Å². The molecular formula is C15H25NO. The highest BCUT2D eigenvalue weighted by Gasteiger charge is 2.12. The molecule has 0 saturated carbocycles. The Morgan fingerprint density at radius 2 is 1.82 bits per heavy atom. The quantitative estimate of drug-likeness (QED) is 0.761. The molecule has 1 aromatic rings. The normalized spacial score (nSPS) is 13.0. The largest absolute Gasteiger partial charge is 0.396 e. The van der Waals surface area contributed by atoms with Crippen molar-refractivity contribution >= 4 is 0 Å². The van der Waals surface area contributed by atoms with Crippen molar-refractivity contribution in [3.05, 3.63) is 35.4 Å². The number of hydrogen-bond donors (Lipinski definition) is 2. The van der Waals surface area contributed by atoms with E-state index in [4.69, 9.17) is 5.11 Å². The zero-order chi connectivity index (χ0) is 12.7. The maximum absolute atomic E-state index is 9.04. The smallest absolute Gasteiger partial charge is 0.0445 e. The molecule has 1 atom stereocenters. The van der Waals surface area contributed by atoms with Crippen LogP contribution in [0, 0.1) is 5.92 Å². The average Bonchev–Trinajstić information content (AvgIpc) is 2.34. The molecule has 1 aromatic carbocycles. The van der Waals surface area contributed by atoms with Crippen LogP contribution in [0.15, 0.2) is 24.3 Å². The molecule has 1 rings (SSSR count). The molecule has 0 fully saturated rings. The fourth-order valence-electron chi connectivity index (χ4n) is 2.13. The minimum absolute atomic E-state index is 0.255. The number of aliphatic hydroxyl groups is 1. The van der Waals surface area contributed by atoms with E-state index in [1.807, 2.05) is 0 Å². The molecule has 2 nitrogen and oxygen atoms in total. The van der Waals surface area contributed by atoms with E-state index in [-0.39, 0.29) is 6.61 Å². The maximum Gasteiger partial charge on any atom is 0.0445 e. The molecule has 0 amide bonds. The summed E-state index contributed by atoms with van der Waals surface area (Å²) < 4.78 is 0. The van der Waals surface area contributed by atoms with Gasteiger partial charge in [0.15, 0.2) is 0 Å². The van der Waals surface area contributed by atoms with Gasteiger partial charge in [0.05, 0.1) is 0 Å². The predicted octanol–water partition coefficient (Wildman–Crippen LogP) is 2.75. The fourth-order valence-corrected chi connectivity index (χ4v) is 2.13. The van der Waals surface area contributed by atoms with Crippen molar-refractivity contribution in [3.63, 3.8) is 0 Å². The molecular weight excluding hydrogens is 210 g/mol. The molecule has 0 heterocycles. The van der Waals surface area contributed by atoms with Gasteiger partial charge in [0.2, 0.25) is 0 Å². The van der Waals surface area contributed by atoms with Crippen LogP contribution in [0.25, 0.3) is 0 Å². The summed E-state index contributed by atoms with van der Waals surface area (Å²) >= 11 is 0. The highest BCUT2D eigenvalue weighted by atomic mass is 16.3. The predicted molar refractivity (Wildman–Crippen MR) is 73.0 cm³/mol. The van der Waals surface area contributed by atoms with Crippen molar-refractivity contribution in [2.24, 2.45) is 5.92 Å². The highest BCUT2D eigenvalue weighted by Crippen LogP contribution is 2.11. The first-order chi connectivity index (χ1) is 8.19. The minimum atomic E-state index is 0.255. The lowest BCUT2D eigenvalue weighted by atomic mass is 10.00. The molecule has 0 aliphatic heterocycles. The zero-order valence-electron chi connectivity index (χ0n) is 11.2. The molecule has 0 aromatic heterocycles. The summed E-state index contributed by atoms with van der Waals surface area (Å²) in [5.41, 5.74) is 2.78. The van der Waals surface area contributed by atoms with Gasteiger partial charge in [0.25, 0.3) is 0 Å². The summed E-state index contributed by atoms with van der Waals surface area (Å²) in [5.74, 6) is 0.552. The first kappa shape index (κ1) is 14.2. The lowest BCUT2D eigenvalue weighted by Gasteiger charge is -2.22. The van der Waals surface area contributed by atoms with E-state index in [0.717, 1.165) is 19.4 Å². The minimum Gasteiger partial charge on any atom is -0.396 e. The third-order valence-electron chi connectivity index (χ3n) is 3.30. The molecule has 17 heavy (non-hydrogen) atoms. The topological polar surface area (TPSA) is 32.3 Å². The third-order valence-corrected chi connectivity index (χ3v) is 3.30.